The SMILES string of the molecule is Cc1ccc([C@H]2C(c3ccccc3)=NN(c3ccccc3)C23C(=O)c2ccccc2C3=O)cc1. The van der Waals surface area contributed by atoms with Gasteiger partial charge in [0.15, 0.2) is 11.6 Å². The second kappa shape index (κ2) is 7.63. The van der Waals surface area contributed by atoms with E-state index in [0.29, 0.717) is 22.5 Å². The van der Waals surface area contributed by atoms with Gasteiger partial charge in [0.2, 0.25) is 5.54 Å². The van der Waals surface area contributed by atoms with Crippen LogP contribution in [0.5, 0.6) is 0 Å². The summed E-state index contributed by atoms with van der Waals surface area (Å²) in [6.45, 7) is 2.03. The second-order valence-electron chi connectivity index (χ2n) is 8.81. The van der Waals surface area contributed by atoms with Crippen molar-refractivity contribution in [1.29, 1.82) is 0 Å². The molecule has 0 fully saturated rings. The number of anilines is 1. The molecule has 0 aromatic heterocycles. The van der Waals surface area contributed by atoms with Crippen molar-refractivity contribution in [2.24, 2.45) is 5.10 Å². The van der Waals surface area contributed by atoms with E-state index in [4.69, 9.17) is 5.10 Å². The predicted molar refractivity (Wildman–Crippen MR) is 134 cm³/mol. The molecule has 1 aliphatic carbocycles. The van der Waals surface area contributed by atoms with E-state index in [-0.39, 0.29) is 11.6 Å². The minimum Gasteiger partial charge on any atom is -0.291 e. The Kier molecular flexibility index (Phi) is 4.56. The van der Waals surface area contributed by atoms with Crippen molar-refractivity contribution in [3.63, 3.8) is 0 Å². The number of hydrogen-bond acceptors (Lipinski definition) is 4. The van der Waals surface area contributed by atoms with Crippen LogP contribution in [0.15, 0.2) is 114 Å². The Bertz CT molecular complexity index is 1410. The quantitative estimate of drug-likeness (QED) is 0.376. The number of hydrogen-bond donors (Lipinski definition) is 0. The monoisotopic (exact) mass is 442 g/mol. The minimum absolute atomic E-state index is 0.211. The molecular formula is C30H22N2O2. The van der Waals surface area contributed by atoms with Crippen molar-refractivity contribution in [2.75, 3.05) is 5.01 Å². The second-order valence-corrected chi connectivity index (χ2v) is 8.81. The molecule has 4 nitrogen and oxygen atoms in total. The number of nitrogens with zero attached hydrogens (tertiary/aromatic N) is 2. The molecule has 1 heterocycles. The highest BCUT2D eigenvalue weighted by atomic mass is 16.2. The lowest BCUT2D eigenvalue weighted by Gasteiger charge is -2.36. The standard InChI is InChI=1S/C30H22N2O2/c1-20-16-18-21(19-17-20)26-27(22-10-4-2-5-11-22)31-32(23-12-6-3-7-13-23)30(26)28(33)24-14-8-9-15-25(24)29(30)34/h2-19,26H,1H3/t26-/m0/s1. The molecule has 4 aromatic rings. The van der Waals surface area contributed by atoms with Gasteiger partial charge >= 0.3 is 0 Å². The molecule has 0 unspecified atom stereocenters. The Hall–Kier alpha value is -4.31. The number of rotatable bonds is 3. The first kappa shape index (κ1) is 20.3. The number of para-hydroxylation sites is 1. The molecular weight excluding hydrogens is 420 g/mol. The number of aryl methyl sites for hydroxylation is 1. The maximum Gasteiger partial charge on any atom is 0.201 e. The molecule has 0 N–H and O–H groups in total. The van der Waals surface area contributed by atoms with Gasteiger partial charge in [-0.15, -0.1) is 0 Å². The summed E-state index contributed by atoms with van der Waals surface area (Å²) in [6, 6.07) is 34.5. The average molecular weight is 443 g/mol. The fraction of sp³-hybridized carbons (Fsp3) is 0.100. The summed E-state index contributed by atoms with van der Waals surface area (Å²) in [7, 11) is 0. The van der Waals surface area contributed by atoms with Crippen molar-refractivity contribution in [3.05, 3.63) is 137 Å². The van der Waals surface area contributed by atoms with Gasteiger partial charge in [-0.05, 0) is 30.2 Å². The first-order chi connectivity index (χ1) is 16.6. The minimum atomic E-state index is -1.52. The van der Waals surface area contributed by atoms with Gasteiger partial charge in [-0.3, -0.25) is 9.59 Å². The fourth-order valence-electron chi connectivity index (χ4n) is 5.23. The highest BCUT2D eigenvalue weighted by molar-refractivity contribution is 6.38. The molecule has 6 rings (SSSR count). The van der Waals surface area contributed by atoms with E-state index in [1.807, 2.05) is 104 Å². The van der Waals surface area contributed by atoms with Crippen LogP contribution in [0, 0.1) is 6.92 Å². The number of carbonyl (C=O) groups excluding carboxylic acids is 2. The number of carbonyl (C=O) groups is 2. The largest absolute Gasteiger partial charge is 0.291 e. The van der Waals surface area contributed by atoms with Crippen molar-refractivity contribution in [3.8, 4) is 0 Å². The molecule has 0 radical (unpaired) electrons. The smallest absolute Gasteiger partial charge is 0.201 e. The van der Waals surface area contributed by atoms with Crippen LogP contribution in [0.3, 0.4) is 0 Å². The number of benzene rings is 4. The van der Waals surface area contributed by atoms with Crippen molar-refractivity contribution < 1.29 is 9.59 Å². The summed E-state index contributed by atoms with van der Waals surface area (Å²) in [5, 5.41) is 6.71. The van der Waals surface area contributed by atoms with Gasteiger partial charge in [0, 0.05) is 11.1 Å². The summed E-state index contributed by atoms with van der Waals surface area (Å²) in [5.41, 5.74) is 3.70. The lowest BCUT2D eigenvalue weighted by Crippen LogP contribution is -2.57. The van der Waals surface area contributed by atoms with E-state index in [0.717, 1.165) is 16.7 Å². The van der Waals surface area contributed by atoms with Crippen LogP contribution in [0.2, 0.25) is 0 Å². The molecule has 4 aromatic carbocycles. The third-order valence-electron chi connectivity index (χ3n) is 6.82. The lowest BCUT2D eigenvalue weighted by molar-refractivity contribution is 0.0791. The maximum atomic E-state index is 14.3. The molecule has 164 valence electrons. The lowest BCUT2D eigenvalue weighted by atomic mass is 9.72. The Labute approximate surface area is 198 Å². The number of ketones is 2. The summed E-state index contributed by atoms with van der Waals surface area (Å²) >= 11 is 0. The van der Waals surface area contributed by atoms with E-state index >= 15 is 0 Å². The van der Waals surface area contributed by atoms with E-state index in [1.165, 1.54) is 0 Å². The Morgan fingerprint density at radius 1 is 0.676 bits per heavy atom. The van der Waals surface area contributed by atoms with Gasteiger partial charge in [0.05, 0.1) is 17.3 Å². The zero-order chi connectivity index (χ0) is 23.3. The highest BCUT2D eigenvalue weighted by Gasteiger charge is 2.66. The first-order valence-corrected chi connectivity index (χ1v) is 11.4. The normalized spacial score (nSPS) is 18.3. The average Bonchev–Trinajstić information content (AvgIpc) is 3.36. The van der Waals surface area contributed by atoms with Crippen LogP contribution in [0.25, 0.3) is 0 Å². The Balaban J connectivity index is 1.68. The van der Waals surface area contributed by atoms with Crippen LogP contribution in [-0.2, 0) is 0 Å². The zero-order valence-corrected chi connectivity index (χ0v) is 18.7. The van der Waals surface area contributed by atoms with Crippen molar-refractivity contribution in [1.82, 2.24) is 0 Å². The summed E-state index contributed by atoms with van der Waals surface area (Å²) < 4.78 is 0. The van der Waals surface area contributed by atoms with Gasteiger partial charge in [0.1, 0.15) is 0 Å². The Morgan fingerprint density at radius 2 is 1.21 bits per heavy atom. The summed E-state index contributed by atoms with van der Waals surface area (Å²) in [4.78, 5) is 28.6. The van der Waals surface area contributed by atoms with Crippen LogP contribution in [0.1, 0.15) is 43.3 Å². The molecule has 34 heavy (non-hydrogen) atoms. The fourth-order valence-corrected chi connectivity index (χ4v) is 5.23. The molecule has 1 aliphatic heterocycles. The van der Waals surface area contributed by atoms with E-state index in [1.54, 1.807) is 17.1 Å². The molecule has 4 heteroatoms. The van der Waals surface area contributed by atoms with Gasteiger partial charge in [-0.2, -0.15) is 5.10 Å². The highest BCUT2D eigenvalue weighted by Crippen LogP contribution is 2.51. The zero-order valence-electron chi connectivity index (χ0n) is 18.7. The first-order valence-electron chi connectivity index (χ1n) is 11.4. The van der Waals surface area contributed by atoms with Gasteiger partial charge < -0.3 is 0 Å². The van der Waals surface area contributed by atoms with Gasteiger partial charge in [-0.1, -0.05) is 103 Å². The molecule has 0 bridgehead atoms. The predicted octanol–water partition coefficient (Wildman–Crippen LogP) is 5.82. The van der Waals surface area contributed by atoms with Gasteiger partial charge in [-0.25, -0.2) is 5.01 Å². The summed E-state index contributed by atoms with van der Waals surface area (Å²) in [6.07, 6.45) is 0. The molecule has 0 amide bonds. The van der Waals surface area contributed by atoms with Crippen LogP contribution in [-0.4, -0.2) is 22.8 Å². The third-order valence-corrected chi connectivity index (χ3v) is 6.82. The van der Waals surface area contributed by atoms with E-state index in [9.17, 15) is 9.59 Å². The molecule has 1 atom stereocenters. The number of hydrazone groups is 1. The van der Waals surface area contributed by atoms with Crippen LogP contribution in [0.4, 0.5) is 5.69 Å². The Morgan fingerprint density at radius 3 is 1.79 bits per heavy atom. The number of fused-ring (bicyclic) bond motifs is 1. The van der Waals surface area contributed by atoms with E-state index in [2.05, 4.69) is 0 Å². The summed E-state index contributed by atoms with van der Waals surface area (Å²) in [5.74, 6) is -0.988. The molecule has 2 aliphatic rings. The van der Waals surface area contributed by atoms with Crippen molar-refractivity contribution in [2.45, 2.75) is 18.4 Å². The third kappa shape index (κ3) is 2.75. The van der Waals surface area contributed by atoms with Crippen molar-refractivity contribution >= 4 is 23.0 Å². The van der Waals surface area contributed by atoms with Crippen LogP contribution >= 0.6 is 0 Å². The number of Topliss-reactive ketones (excluding diaryl/α,β-unsaturated/α-hetero) is 2. The van der Waals surface area contributed by atoms with Gasteiger partial charge in [0.25, 0.3) is 0 Å². The molecule has 1 spiro atoms. The topological polar surface area (TPSA) is 49.7 Å². The van der Waals surface area contributed by atoms with Crippen LogP contribution < -0.4 is 5.01 Å². The molecule has 0 saturated carbocycles. The maximum absolute atomic E-state index is 14.3. The van der Waals surface area contributed by atoms with E-state index < -0.39 is 11.5 Å². The molecule has 0 saturated heterocycles.